The summed E-state index contributed by atoms with van der Waals surface area (Å²) in [7, 11) is 0. The molecule has 0 radical (unpaired) electrons. The van der Waals surface area contributed by atoms with E-state index in [9.17, 15) is 0 Å². The number of rotatable bonds is 3. The van der Waals surface area contributed by atoms with E-state index in [2.05, 4.69) is 36.1 Å². The number of fused-ring (bicyclic) bond motifs is 1. The summed E-state index contributed by atoms with van der Waals surface area (Å²) in [6, 6.07) is 9.06. The lowest BCUT2D eigenvalue weighted by Gasteiger charge is -2.30. The monoisotopic (exact) mass is 204 g/mol. The summed E-state index contributed by atoms with van der Waals surface area (Å²) in [6.07, 6.45) is 2.24. The van der Waals surface area contributed by atoms with Crippen LogP contribution < -0.4 is 5.73 Å². The summed E-state index contributed by atoms with van der Waals surface area (Å²) in [5.41, 5.74) is 8.97. The van der Waals surface area contributed by atoms with Crippen LogP contribution in [0.4, 0.5) is 0 Å². The van der Waals surface area contributed by atoms with Gasteiger partial charge in [0.25, 0.3) is 0 Å². The zero-order chi connectivity index (χ0) is 10.7. The summed E-state index contributed by atoms with van der Waals surface area (Å²) in [5, 5.41) is 0. The fourth-order valence-corrected chi connectivity index (χ4v) is 2.17. The molecule has 0 saturated heterocycles. The first kappa shape index (κ1) is 10.7. The third-order valence-electron chi connectivity index (χ3n) is 3.23. The fourth-order valence-electron chi connectivity index (χ4n) is 2.17. The predicted molar refractivity (Wildman–Crippen MR) is 63.7 cm³/mol. The van der Waals surface area contributed by atoms with Crippen LogP contribution in [0.15, 0.2) is 24.3 Å². The van der Waals surface area contributed by atoms with E-state index in [4.69, 9.17) is 5.73 Å². The van der Waals surface area contributed by atoms with Gasteiger partial charge in [0.1, 0.15) is 0 Å². The van der Waals surface area contributed by atoms with E-state index in [0.717, 1.165) is 26.1 Å². The summed E-state index contributed by atoms with van der Waals surface area (Å²) in [5.74, 6) is 0. The van der Waals surface area contributed by atoms with Gasteiger partial charge in [0.2, 0.25) is 0 Å². The molecule has 15 heavy (non-hydrogen) atoms. The average molecular weight is 204 g/mol. The number of benzene rings is 1. The highest BCUT2D eigenvalue weighted by atomic mass is 15.1. The van der Waals surface area contributed by atoms with Gasteiger partial charge in [0.05, 0.1) is 0 Å². The standard InChI is InChI=1S/C13H20N2/c1-2-13(14)10-15-8-7-11-5-3-4-6-12(11)9-15/h3-6,13H,2,7-10,14H2,1H3/t13-/m1/s1. The molecule has 2 heteroatoms. The summed E-state index contributed by atoms with van der Waals surface area (Å²) < 4.78 is 0. The molecule has 2 rings (SSSR count). The van der Waals surface area contributed by atoms with E-state index in [0.29, 0.717) is 6.04 Å². The quantitative estimate of drug-likeness (QED) is 0.813. The number of hydrogen-bond acceptors (Lipinski definition) is 2. The van der Waals surface area contributed by atoms with Crippen LogP contribution in [0.3, 0.4) is 0 Å². The van der Waals surface area contributed by atoms with Crippen molar-refractivity contribution in [2.24, 2.45) is 5.73 Å². The minimum absolute atomic E-state index is 0.329. The molecule has 0 bridgehead atoms. The van der Waals surface area contributed by atoms with Crippen molar-refractivity contribution in [1.29, 1.82) is 0 Å². The molecule has 0 aromatic heterocycles. The first-order valence-electron chi connectivity index (χ1n) is 5.84. The topological polar surface area (TPSA) is 29.3 Å². The second-order valence-electron chi connectivity index (χ2n) is 4.42. The van der Waals surface area contributed by atoms with Crippen molar-refractivity contribution in [1.82, 2.24) is 4.90 Å². The van der Waals surface area contributed by atoms with E-state index >= 15 is 0 Å². The summed E-state index contributed by atoms with van der Waals surface area (Å²) in [6.45, 7) is 5.42. The molecule has 1 aliphatic rings. The molecule has 1 aromatic carbocycles. The van der Waals surface area contributed by atoms with Gasteiger partial charge < -0.3 is 5.73 Å². The Morgan fingerprint density at radius 2 is 2.07 bits per heavy atom. The highest BCUT2D eigenvalue weighted by Gasteiger charge is 2.16. The highest BCUT2D eigenvalue weighted by Crippen LogP contribution is 2.18. The van der Waals surface area contributed by atoms with Gasteiger partial charge in [0.15, 0.2) is 0 Å². The summed E-state index contributed by atoms with van der Waals surface area (Å²) in [4.78, 5) is 2.47. The molecule has 0 fully saturated rings. The van der Waals surface area contributed by atoms with Crippen LogP contribution in [0.5, 0.6) is 0 Å². The van der Waals surface area contributed by atoms with Crippen molar-refractivity contribution >= 4 is 0 Å². The fraction of sp³-hybridized carbons (Fsp3) is 0.538. The Kier molecular flexibility index (Phi) is 3.39. The molecule has 2 N–H and O–H groups in total. The number of hydrogen-bond donors (Lipinski definition) is 1. The molecule has 0 unspecified atom stereocenters. The van der Waals surface area contributed by atoms with Gasteiger partial charge in [-0.05, 0) is 24.0 Å². The van der Waals surface area contributed by atoms with Crippen LogP contribution >= 0.6 is 0 Å². The Balaban J connectivity index is 1.99. The second-order valence-corrected chi connectivity index (χ2v) is 4.42. The Morgan fingerprint density at radius 3 is 2.80 bits per heavy atom. The van der Waals surface area contributed by atoms with Crippen molar-refractivity contribution < 1.29 is 0 Å². The largest absolute Gasteiger partial charge is 0.327 e. The minimum Gasteiger partial charge on any atom is -0.327 e. The van der Waals surface area contributed by atoms with Gasteiger partial charge in [-0.2, -0.15) is 0 Å². The van der Waals surface area contributed by atoms with Gasteiger partial charge in [-0.1, -0.05) is 31.2 Å². The molecule has 0 aliphatic carbocycles. The van der Waals surface area contributed by atoms with Crippen molar-refractivity contribution in [2.45, 2.75) is 32.4 Å². The first-order valence-corrected chi connectivity index (χ1v) is 5.84. The molecule has 1 aromatic rings. The molecule has 2 nitrogen and oxygen atoms in total. The van der Waals surface area contributed by atoms with E-state index in [1.165, 1.54) is 17.5 Å². The molecular formula is C13H20N2. The highest BCUT2D eigenvalue weighted by molar-refractivity contribution is 5.29. The zero-order valence-corrected chi connectivity index (χ0v) is 9.45. The zero-order valence-electron chi connectivity index (χ0n) is 9.45. The van der Waals surface area contributed by atoms with Gasteiger partial charge >= 0.3 is 0 Å². The Labute approximate surface area is 92.1 Å². The van der Waals surface area contributed by atoms with Crippen LogP contribution in [0.1, 0.15) is 24.5 Å². The van der Waals surface area contributed by atoms with Crippen molar-refractivity contribution in [3.63, 3.8) is 0 Å². The second kappa shape index (κ2) is 4.77. The minimum atomic E-state index is 0.329. The van der Waals surface area contributed by atoms with Crippen molar-refractivity contribution in [2.75, 3.05) is 13.1 Å². The molecule has 1 aliphatic heterocycles. The first-order chi connectivity index (χ1) is 7.29. The van der Waals surface area contributed by atoms with Gasteiger partial charge in [-0.3, -0.25) is 4.90 Å². The van der Waals surface area contributed by atoms with Gasteiger partial charge in [-0.15, -0.1) is 0 Å². The van der Waals surface area contributed by atoms with Crippen molar-refractivity contribution in [3.05, 3.63) is 35.4 Å². The number of nitrogens with zero attached hydrogens (tertiary/aromatic N) is 1. The number of nitrogens with two attached hydrogens (primary N) is 1. The normalized spacial score (nSPS) is 18.5. The molecule has 0 spiro atoms. The Hall–Kier alpha value is -0.860. The molecule has 1 heterocycles. The molecule has 0 saturated carbocycles. The SMILES string of the molecule is CC[C@@H](N)CN1CCc2ccccc2C1. The van der Waals surface area contributed by atoms with Crippen LogP contribution in [-0.2, 0) is 13.0 Å². The van der Waals surface area contributed by atoms with Gasteiger partial charge in [-0.25, -0.2) is 0 Å². The lowest BCUT2D eigenvalue weighted by Crippen LogP contribution is -2.39. The van der Waals surface area contributed by atoms with Gasteiger partial charge in [0, 0.05) is 25.7 Å². The lowest BCUT2D eigenvalue weighted by atomic mass is 9.99. The maximum Gasteiger partial charge on any atom is 0.0237 e. The third-order valence-corrected chi connectivity index (χ3v) is 3.23. The molecular weight excluding hydrogens is 184 g/mol. The Morgan fingerprint density at radius 1 is 1.33 bits per heavy atom. The summed E-state index contributed by atoms with van der Waals surface area (Å²) >= 11 is 0. The third kappa shape index (κ3) is 2.58. The van der Waals surface area contributed by atoms with Crippen LogP contribution in [0.25, 0.3) is 0 Å². The predicted octanol–water partition coefficient (Wildman–Crippen LogP) is 1.78. The molecule has 1 atom stereocenters. The van der Waals surface area contributed by atoms with E-state index < -0.39 is 0 Å². The van der Waals surface area contributed by atoms with Crippen LogP contribution in [-0.4, -0.2) is 24.0 Å². The maximum absolute atomic E-state index is 5.98. The smallest absolute Gasteiger partial charge is 0.0237 e. The lowest BCUT2D eigenvalue weighted by molar-refractivity contribution is 0.236. The molecule has 82 valence electrons. The van der Waals surface area contributed by atoms with E-state index in [1.807, 2.05) is 0 Å². The van der Waals surface area contributed by atoms with Crippen molar-refractivity contribution in [3.8, 4) is 0 Å². The van der Waals surface area contributed by atoms with Crippen LogP contribution in [0.2, 0.25) is 0 Å². The average Bonchev–Trinajstić information content (AvgIpc) is 2.29. The molecule has 0 amide bonds. The Bertz CT molecular complexity index is 322. The van der Waals surface area contributed by atoms with Crippen LogP contribution in [0, 0.1) is 0 Å². The van der Waals surface area contributed by atoms with E-state index in [1.54, 1.807) is 0 Å². The van der Waals surface area contributed by atoms with E-state index in [-0.39, 0.29) is 0 Å². The maximum atomic E-state index is 5.98.